The third-order valence-electron chi connectivity index (χ3n) is 2.25. The third kappa shape index (κ3) is 1.88. The molecule has 4 nitrogen and oxygen atoms in total. The molecule has 0 saturated carbocycles. The molecule has 2 aromatic rings. The second-order valence-corrected chi connectivity index (χ2v) is 3.37. The summed E-state index contributed by atoms with van der Waals surface area (Å²) in [6, 6.07) is 7.07. The molecule has 0 aliphatic heterocycles. The van der Waals surface area contributed by atoms with E-state index in [-0.39, 0.29) is 5.56 Å². The van der Waals surface area contributed by atoms with Gasteiger partial charge in [-0.25, -0.2) is 4.98 Å². The van der Waals surface area contributed by atoms with Crippen LogP contribution >= 0.6 is 0 Å². The minimum Gasteiger partial charge on any atom is -0.398 e. The molecule has 0 aliphatic rings. The molecule has 0 bridgehead atoms. The number of aromatic nitrogens is 2. The third-order valence-corrected chi connectivity index (χ3v) is 2.25. The molecule has 3 N–H and O–H groups in total. The van der Waals surface area contributed by atoms with Gasteiger partial charge in [0.15, 0.2) is 0 Å². The molecule has 0 spiro atoms. The Bertz CT molecular complexity index is 546. The van der Waals surface area contributed by atoms with Crippen LogP contribution in [0.15, 0.2) is 35.4 Å². The van der Waals surface area contributed by atoms with Crippen LogP contribution in [-0.2, 0) is 0 Å². The Morgan fingerprint density at radius 1 is 1.33 bits per heavy atom. The number of nitrogens with zero attached hydrogens (tertiary/aromatic N) is 1. The maximum atomic E-state index is 11.1. The van der Waals surface area contributed by atoms with Gasteiger partial charge in [0.2, 0.25) is 0 Å². The molecule has 1 aromatic heterocycles. The molecule has 1 heterocycles. The van der Waals surface area contributed by atoms with Crippen LogP contribution in [0.4, 0.5) is 5.69 Å². The van der Waals surface area contributed by atoms with Crippen LogP contribution in [0.3, 0.4) is 0 Å². The number of benzene rings is 1. The van der Waals surface area contributed by atoms with Crippen LogP contribution in [0.5, 0.6) is 0 Å². The van der Waals surface area contributed by atoms with Crippen LogP contribution in [0, 0.1) is 6.92 Å². The summed E-state index contributed by atoms with van der Waals surface area (Å²) in [5, 5.41) is 0. The van der Waals surface area contributed by atoms with E-state index in [4.69, 9.17) is 5.73 Å². The van der Waals surface area contributed by atoms with E-state index in [0.717, 1.165) is 11.1 Å². The molecule has 4 heteroatoms. The lowest BCUT2D eigenvalue weighted by molar-refractivity contribution is 1.12. The van der Waals surface area contributed by atoms with Crippen molar-refractivity contribution in [3.8, 4) is 11.3 Å². The lowest BCUT2D eigenvalue weighted by atomic mass is 10.1. The van der Waals surface area contributed by atoms with E-state index < -0.39 is 0 Å². The van der Waals surface area contributed by atoms with Crippen LogP contribution in [0.25, 0.3) is 11.3 Å². The first kappa shape index (κ1) is 9.45. The summed E-state index contributed by atoms with van der Waals surface area (Å²) in [5.74, 6) is 0. The number of nitrogens with one attached hydrogen (secondary N) is 1. The van der Waals surface area contributed by atoms with Crippen molar-refractivity contribution in [3.63, 3.8) is 0 Å². The summed E-state index contributed by atoms with van der Waals surface area (Å²) in [6.45, 7) is 1.93. The van der Waals surface area contributed by atoms with Crippen molar-refractivity contribution in [2.75, 3.05) is 5.73 Å². The Labute approximate surface area is 86.8 Å². The molecule has 0 unspecified atom stereocenters. The monoisotopic (exact) mass is 201 g/mol. The van der Waals surface area contributed by atoms with Gasteiger partial charge in [0.25, 0.3) is 5.56 Å². The number of H-pyrrole nitrogens is 1. The van der Waals surface area contributed by atoms with Gasteiger partial charge in [-0.3, -0.25) is 4.79 Å². The summed E-state index contributed by atoms with van der Waals surface area (Å²) in [4.78, 5) is 17.6. The van der Waals surface area contributed by atoms with Crippen molar-refractivity contribution in [3.05, 3.63) is 46.5 Å². The second kappa shape index (κ2) is 3.57. The number of nitrogen functional groups attached to an aromatic ring is 1. The summed E-state index contributed by atoms with van der Waals surface area (Å²) >= 11 is 0. The highest BCUT2D eigenvalue weighted by Gasteiger charge is 2.01. The number of rotatable bonds is 1. The van der Waals surface area contributed by atoms with Crippen LogP contribution in [-0.4, -0.2) is 9.97 Å². The van der Waals surface area contributed by atoms with E-state index >= 15 is 0 Å². The number of aromatic amines is 1. The minimum absolute atomic E-state index is 0.167. The molecular formula is C11H11N3O. The normalized spacial score (nSPS) is 10.2. The average Bonchev–Trinajstić information content (AvgIpc) is 2.22. The lowest BCUT2D eigenvalue weighted by Crippen LogP contribution is -2.04. The first-order chi connectivity index (χ1) is 7.16. The van der Waals surface area contributed by atoms with Crippen molar-refractivity contribution in [2.45, 2.75) is 6.92 Å². The molecule has 0 fully saturated rings. The highest BCUT2D eigenvalue weighted by molar-refractivity contribution is 5.65. The van der Waals surface area contributed by atoms with E-state index in [0.29, 0.717) is 11.4 Å². The Balaban J connectivity index is 2.55. The van der Waals surface area contributed by atoms with Gasteiger partial charge < -0.3 is 10.7 Å². The van der Waals surface area contributed by atoms with E-state index in [1.165, 1.54) is 12.4 Å². The molecule has 76 valence electrons. The molecule has 1 aromatic carbocycles. The number of aryl methyl sites for hydroxylation is 1. The average molecular weight is 201 g/mol. The van der Waals surface area contributed by atoms with Crippen molar-refractivity contribution in [1.29, 1.82) is 0 Å². The van der Waals surface area contributed by atoms with Crippen molar-refractivity contribution in [1.82, 2.24) is 9.97 Å². The Hall–Kier alpha value is -2.10. The highest BCUT2D eigenvalue weighted by atomic mass is 16.1. The van der Waals surface area contributed by atoms with E-state index in [1.54, 1.807) is 0 Å². The molecule has 0 amide bonds. The van der Waals surface area contributed by atoms with Gasteiger partial charge in [-0.05, 0) is 18.6 Å². The van der Waals surface area contributed by atoms with Gasteiger partial charge in [-0.15, -0.1) is 0 Å². The predicted molar refractivity (Wildman–Crippen MR) is 59.4 cm³/mol. The van der Waals surface area contributed by atoms with E-state index in [9.17, 15) is 4.79 Å². The number of hydrogen-bond donors (Lipinski definition) is 2. The first-order valence-electron chi connectivity index (χ1n) is 4.58. The van der Waals surface area contributed by atoms with Crippen molar-refractivity contribution in [2.24, 2.45) is 0 Å². The first-order valence-corrected chi connectivity index (χ1v) is 4.58. The van der Waals surface area contributed by atoms with E-state index in [1.807, 2.05) is 25.1 Å². The standard InChI is InChI=1S/C11H11N3O/c1-7-2-3-8(4-9(7)12)10-5-11(15)14-6-13-10/h2-6H,12H2,1H3,(H,13,14,15). The SMILES string of the molecule is Cc1ccc(-c2cc(=O)[nH]cn2)cc1N. The fraction of sp³-hybridized carbons (Fsp3) is 0.0909. The van der Waals surface area contributed by atoms with Gasteiger partial charge in [-0.2, -0.15) is 0 Å². The van der Waals surface area contributed by atoms with Gasteiger partial charge in [-0.1, -0.05) is 12.1 Å². The predicted octanol–water partition coefficient (Wildman–Crippen LogP) is 1.33. The molecule has 0 aliphatic carbocycles. The summed E-state index contributed by atoms with van der Waals surface area (Å²) in [6.07, 6.45) is 1.38. The largest absolute Gasteiger partial charge is 0.398 e. The van der Waals surface area contributed by atoms with Crippen molar-refractivity contribution >= 4 is 5.69 Å². The zero-order chi connectivity index (χ0) is 10.8. The minimum atomic E-state index is -0.167. The lowest BCUT2D eigenvalue weighted by Gasteiger charge is -2.03. The topological polar surface area (TPSA) is 71.8 Å². The van der Waals surface area contributed by atoms with Crippen LogP contribution < -0.4 is 11.3 Å². The number of nitrogens with two attached hydrogens (primary N) is 1. The highest BCUT2D eigenvalue weighted by Crippen LogP contribution is 2.20. The Morgan fingerprint density at radius 2 is 2.13 bits per heavy atom. The maximum Gasteiger partial charge on any atom is 0.251 e. The van der Waals surface area contributed by atoms with Crippen molar-refractivity contribution < 1.29 is 0 Å². The fourth-order valence-electron chi connectivity index (χ4n) is 1.33. The summed E-state index contributed by atoms with van der Waals surface area (Å²) in [5.41, 5.74) is 8.82. The number of hydrogen-bond acceptors (Lipinski definition) is 3. The second-order valence-electron chi connectivity index (χ2n) is 3.37. The zero-order valence-electron chi connectivity index (χ0n) is 8.32. The van der Waals surface area contributed by atoms with Crippen LogP contribution in [0.2, 0.25) is 0 Å². The van der Waals surface area contributed by atoms with Gasteiger partial charge >= 0.3 is 0 Å². The summed E-state index contributed by atoms with van der Waals surface area (Å²) < 4.78 is 0. The summed E-state index contributed by atoms with van der Waals surface area (Å²) in [7, 11) is 0. The molecule has 0 saturated heterocycles. The smallest absolute Gasteiger partial charge is 0.251 e. The molecule has 0 radical (unpaired) electrons. The quantitative estimate of drug-likeness (QED) is 0.683. The fourth-order valence-corrected chi connectivity index (χ4v) is 1.33. The molecular weight excluding hydrogens is 190 g/mol. The van der Waals surface area contributed by atoms with E-state index in [2.05, 4.69) is 9.97 Å². The molecule has 2 rings (SSSR count). The maximum absolute atomic E-state index is 11.1. The van der Waals surface area contributed by atoms with Gasteiger partial charge in [0.05, 0.1) is 12.0 Å². The molecule has 15 heavy (non-hydrogen) atoms. The Kier molecular flexibility index (Phi) is 2.25. The number of anilines is 1. The Morgan fingerprint density at radius 3 is 2.80 bits per heavy atom. The van der Waals surface area contributed by atoms with Crippen LogP contribution in [0.1, 0.15) is 5.56 Å². The zero-order valence-corrected chi connectivity index (χ0v) is 8.32. The van der Waals surface area contributed by atoms with Gasteiger partial charge in [0.1, 0.15) is 0 Å². The molecule has 0 atom stereocenters. The van der Waals surface area contributed by atoms with Gasteiger partial charge in [0, 0.05) is 17.3 Å².